The quantitative estimate of drug-likeness (QED) is 0.744. The maximum atomic E-state index is 13.0. The Hall–Kier alpha value is -2.05. The van der Waals surface area contributed by atoms with Crippen molar-refractivity contribution in [2.45, 2.75) is 58.0 Å². The molecule has 4 aliphatic carbocycles. The van der Waals surface area contributed by atoms with Gasteiger partial charge in [0.05, 0.1) is 11.0 Å². The molecule has 1 aromatic carbocycles. The Labute approximate surface area is 162 Å². The molecule has 2 unspecified atom stereocenters. The monoisotopic (exact) mass is 394 g/mol. The van der Waals surface area contributed by atoms with E-state index in [4.69, 9.17) is 0 Å². The van der Waals surface area contributed by atoms with Crippen LogP contribution in [0.15, 0.2) is 24.3 Å². The van der Waals surface area contributed by atoms with Crippen LogP contribution in [0.3, 0.4) is 0 Å². The van der Waals surface area contributed by atoms with Crippen LogP contribution in [0.1, 0.15) is 67.8 Å². The van der Waals surface area contributed by atoms with Crippen LogP contribution in [0.5, 0.6) is 0 Å². The molecule has 2 atom stereocenters. The number of hydrazine groups is 1. The van der Waals surface area contributed by atoms with Crippen LogP contribution in [0.2, 0.25) is 0 Å². The summed E-state index contributed by atoms with van der Waals surface area (Å²) in [6.45, 7) is 2.20. The molecule has 152 valence electrons. The van der Waals surface area contributed by atoms with E-state index in [1.54, 1.807) is 0 Å². The lowest BCUT2D eigenvalue weighted by atomic mass is 9.43. The van der Waals surface area contributed by atoms with Crippen molar-refractivity contribution in [3.8, 4) is 0 Å². The summed E-state index contributed by atoms with van der Waals surface area (Å²) in [6, 6.07) is 3.95. The van der Waals surface area contributed by atoms with Gasteiger partial charge in [0.15, 0.2) is 0 Å². The van der Waals surface area contributed by atoms with Gasteiger partial charge < -0.3 is 0 Å². The van der Waals surface area contributed by atoms with E-state index in [-0.39, 0.29) is 16.9 Å². The second-order valence-electron chi connectivity index (χ2n) is 9.08. The van der Waals surface area contributed by atoms with Crippen molar-refractivity contribution in [1.82, 2.24) is 10.9 Å². The van der Waals surface area contributed by atoms with Crippen molar-refractivity contribution in [2.24, 2.45) is 22.7 Å². The minimum absolute atomic E-state index is 0.0730. The first kappa shape index (κ1) is 19.3. The zero-order chi connectivity index (χ0) is 20.2. The first-order valence-corrected chi connectivity index (χ1v) is 9.93. The fourth-order valence-electron chi connectivity index (χ4n) is 6.26. The second kappa shape index (κ2) is 6.49. The van der Waals surface area contributed by atoms with Gasteiger partial charge in [-0.3, -0.25) is 20.4 Å². The lowest BCUT2D eigenvalue weighted by Crippen LogP contribution is -2.59. The summed E-state index contributed by atoms with van der Waals surface area (Å²) < 4.78 is 37.9. The lowest BCUT2D eigenvalue weighted by molar-refractivity contribution is -0.158. The second-order valence-corrected chi connectivity index (χ2v) is 9.08. The molecule has 4 saturated carbocycles. The zero-order valence-corrected chi connectivity index (χ0v) is 15.9. The Morgan fingerprint density at radius 1 is 1.04 bits per heavy atom. The fraction of sp³-hybridized carbons (Fsp3) is 0.619. The SMILES string of the molecule is CCC12CC3CC(C1)CC(C(=O)NNC(=O)c1ccc(C(F)(F)F)cc1)(C3)C2. The van der Waals surface area contributed by atoms with Gasteiger partial charge in [0.25, 0.3) is 5.91 Å². The first-order valence-electron chi connectivity index (χ1n) is 9.93. The summed E-state index contributed by atoms with van der Waals surface area (Å²) >= 11 is 0. The molecule has 0 heterocycles. The van der Waals surface area contributed by atoms with Crippen molar-refractivity contribution in [3.63, 3.8) is 0 Å². The van der Waals surface area contributed by atoms with Crippen molar-refractivity contribution < 1.29 is 22.8 Å². The summed E-state index contributed by atoms with van der Waals surface area (Å²) in [5.74, 6) is 0.395. The molecular weight excluding hydrogens is 369 g/mol. The predicted molar refractivity (Wildman–Crippen MR) is 96.9 cm³/mol. The lowest BCUT2D eigenvalue weighted by Gasteiger charge is -2.61. The van der Waals surface area contributed by atoms with Crippen LogP contribution in [-0.2, 0) is 11.0 Å². The molecule has 7 heteroatoms. The highest BCUT2D eigenvalue weighted by molar-refractivity contribution is 5.96. The third-order valence-electron chi connectivity index (χ3n) is 7.18. The minimum atomic E-state index is -4.45. The summed E-state index contributed by atoms with van der Waals surface area (Å²) in [7, 11) is 0. The molecule has 4 aliphatic rings. The topological polar surface area (TPSA) is 58.2 Å². The Morgan fingerprint density at radius 3 is 2.18 bits per heavy atom. The summed E-state index contributed by atoms with van der Waals surface area (Å²) in [6.07, 6.45) is 2.84. The number of hydrogen-bond acceptors (Lipinski definition) is 2. The third kappa shape index (κ3) is 3.29. The van der Waals surface area contributed by atoms with Crippen molar-refractivity contribution in [2.75, 3.05) is 0 Å². The third-order valence-corrected chi connectivity index (χ3v) is 7.18. The number of halogens is 3. The predicted octanol–water partition coefficient (Wildman–Crippen LogP) is 4.46. The molecule has 4 fully saturated rings. The smallest absolute Gasteiger partial charge is 0.273 e. The Kier molecular flexibility index (Phi) is 4.47. The number of alkyl halides is 3. The van der Waals surface area contributed by atoms with E-state index < -0.39 is 23.1 Å². The maximum absolute atomic E-state index is 13.0. The maximum Gasteiger partial charge on any atom is 0.416 e. The summed E-state index contributed by atoms with van der Waals surface area (Å²) in [4.78, 5) is 25.3. The van der Waals surface area contributed by atoms with Gasteiger partial charge in [-0.1, -0.05) is 13.3 Å². The molecular formula is C21H25F3N2O2. The number of carbonyl (C=O) groups excluding carboxylic acids is 2. The Bertz CT molecular complexity index is 774. The van der Waals surface area contributed by atoms with E-state index in [2.05, 4.69) is 17.8 Å². The van der Waals surface area contributed by atoms with Crippen LogP contribution < -0.4 is 10.9 Å². The highest BCUT2D eigenvalue weighted by Crippen LogP contribution is 2.66. The van der Waals surface area contributed by atoms with Gasteiger partial charge in [0, 0.05) is 5.56 Å². The van der Waals surface area contributed by atoms with E-state index >= 15 is 0 Å². The number of carbonyl (C=O) groups is 2. The molecule has 0 saturated heterocycles. The van der Waals surface area contributed by atoms with E-state index in [1.807, 2.05) is 0 Å². The van der Waals surface area contributed by atoms with Gasteiger partial charge in [-0.05, 0) is 80.0 Å². The van der Waals surface area contributed by atoms with Crippen molar-refractivity contribution in [3.05, 3.63) is 35.4 Å². The zero-order valence-electron chi connectivity index (χ0n) is 15.9. The van der Waals surface area contributed by atoms with E-state index in [1.165, 1.54) is 19.3 Å². The van der Waals surface area contributed by atoms with E-state index in [0.717, 1.165) is 49.9 Å². The molecule has 0 aromatic heterocycles. The van der Waals surface area contributed by atoms with Crippen molar-refractivity contribution in [1.29, 1.82) is 0 Å². The molecule has 5 rings (SSSR count). The number of amides is 2. The molecule has 4 nitrogen and oxygen atoms in total. The van der Waals surface area contributed by atoms with E-state index in [9.17, 15) is 22.8 Å². The Balaban J connectivity index is 1.41. The number of hydrogen-bond donors (Lipinski definition) is 2. The molecule has 4 bridgehead atoms. The molecule has 28 heavy (non-hydrogen) atoms. The number of benzene rings is 1. The largest absolute Gasteiger partial charge is 0.416 e. The molecule has 0 spiro atoms. The molecule has 1 aromatic rings. The first-order chi connectivity index (χ1) is 13.1. The molecule has 0 radical (unpaired) electrons. The Morgan fingerprint density at radius 2 is 1.64 bits per heavy atom. The van der Waals surface area contributed by atoms with Crippen LogP contribution >= 0.6 is 0 Å². The number of rotatable bonds is 3. The normalized spacial score (nSPS) is 33.6. The van der Waals surface area contributed by atoms with Crippen LogP contribution in [-0.4, -0.2) is 11.8 Å². The van der Waals surface area contributed by atoms with Gasteiger partial charge in [0.2, 0.25) is 5.91 Å². The average Bonchev–Trinajstić information content (AvgIpc) is 2.64. The number of nitrogens with one attached hydrogen (secondary N) is 2. The van der Waals surface area contributed by atoms with Crippen LogP contribution in [0.4, 0.5) is 13.2 Å². The van der Waals surface area contributed by atoms with E-state index in [0.29, 0.717) is 11.8 Å². The molecule has 2 amide bonds. The minimum Gasteiger partial charge on any atom is -0.273 e. The summed E-state index contributed by atoms with van der Waals surface area (Å²) in [5.41, 5.74) is 4.04. The highest BCUT2D eigenvalue weighted by Gasteiger charge is 2.59. The average molecular weight is 394 g/mol. The summed E-state index contributed by atoms with van der Waals surface area (Å²) in [5, 5.41) is 0. The van der Waals surface area contributed by atoms with Gasteiger partial charge >= 0.3 is 6.18 Å². The van der Waals surface area contributed by atoms with Gasteiger partial charge in [-0.2, -0.15) is 13.2 Å². The van der Waals surface area contributed by atoms with Gasteiger partial charge in [-0.15, -0.1) is 0 Å². The fourth-order valence-corrected chi connectivity index (χ4v) is 6.26. The standard InChI is InChI=1S/C21H25F3N2O2/c1-2-19-8-13-7-14(9-19)11-20(10-13,12-19)18(28)26-25-17(27)15-3-5-16(6-4-15)21(22,23)24/h3-6,13-14H,2,7-12H2,1H3,(H,25,27)(H,26,28). The van der Waals surface area contributed by atoms with Gasteiger partial charge in [0.1, 0.15) is 0 Å². The van der Waals surface area contributed by atoms with Crippen molar-refractivity contribution >= 4 is 11.8 Å². The van der Waals surface area contributed by atoms with Crippen LogP contribution in [0.25, 0.3) is 0 Å². The van der Waals surface area contributed by atoms with Crippen LogP contribution in [0, 0.1) is 22.7 Å². The van der Waals surface area contributed by atoms with Gasteiger partial charge in [-0.25, -0.2) is 0 Å². The molecule has 2 N–H and O–H groups in total. The molecule has 0 aliphatic heterocycles. The highest BCUT2D eigenvalue weighted by atomic mass is 19.4.